The van der Waals surface area contributed by atoms with E-state index in [1.165, 1.54) is 29.2 Å². The molecular weight excluding hydrogens is 589 g/mol. The lowest BCUT2D eigenvalue weighted by Crippen LogP contribution is -2.54. The highest BCUT2D eigenvalue weighted by Gasteiger charge is 2.35. The van der Waals surface area contributed by atoms with Crippen LogP contribution < -0.4 is 9.62 Å². The van der Waals surface area contributed by atoms with Crippen LogP contribution in [0.3, 0.4) is 0 Å². The second-order valence-corrected chi connectivity index (χ2v) is 13.4. The van der Waals surface area contributed by atoms with Crippen molar-refractivity contribution in [2.45, 2.75) is 62.6 Å². The lowest BCUT2D eigenvalue weighted by molar-refractivity contribution is -0.140. The molecule has 0 heterocycles. The van der Waals surface area contributed by atoms with Crippen molar-refractivity contribution in [2.75, 3.05) is 10.8 Å². The van der Waals surface area contributed by atoms with Gasteiger partial charge in [-0.1, -0.05) is 91.2 Å². The fraction of sp³-hybridized carbons (Fsp3) is 0.278. The molecule has 1 atom stereocenters. The second kappa shape index (κ2) is 14.5. The van der Waals surface area contributed by atoms with Crippen LogP contribution in [0.1, 0.15) is 42.4 Å². The zero-order chi connectivity index (χ0) is 31.8. The normalized spacial score (nSPS) is 14.1. The molecule has 1 aliphatic carbocycles. The summed E-state index contributed by atoms with van der Waals surface area (Å²) in [4.78, 5) is 30.0. The Labute approximate surface area is 264 Å². The molecule has 1 saturated carbocycles. The summed E-state index contributed by atoms with van der Waals surface area (Å²) in [6.07, 6.45) is 4.07. The molecule has 0 radical (unpaired) electrons. The number of aryl methyl sites for hydroxylation is 1. The van der Waals surface area contributed by atoms with Crippen molar-refractivity contribution in [2.24, 2.45) is 0 Å². The zero-order valence-corrected chi connectivity index (χ0v) is 26.1. The second-order valence-electron chi connectivity index (χ2n) is 11.5. The smallest absolute Gasteiger partial charge is 0.264 e. The van der Waals surface area contributed by atoms with Gasteiger partial charge in [0.15, 0.2) is 0 Å². The number of hydrogen-bond acceptors (Lipinski definition) is 4. The number of amides is 2. The monoisotopic (exact) mass is 627 g/mol. The standard InChI is InChI=1S/C36H38FN3O4S/c1-27-16-18-29(19-17-27)25-39(34(24-28-10-4-2-5-11-28)36(42)38-31-12-8-9-13-31)35(41)26-40(32-22-20-30(37)21-23-32)45(43,44)33-14-6-3-7-15-33/h2-7,10-11,14-23,31,34H,8-9,12-13,24-26H2,1H3,(H,38,42)/t34-/m1/s1. The van der Waals surface area contributed by atoms with E-state index in [-0.39, 0.29) is 35.5 Å². The number of carbonyl (C=O) groups excluding carboxylic acids is 2. The van der Waals surface area contributed by atoms with Gasteiger partial charge in [-0.25, -0.2) is 12.8 Å². The van der Waals surface area contributed by atoms with Gasteiger partial charge in [-0.05, 0) is 67.3 Å². The van der Waals surface area contributed by atoms with Crippen molar-refractivity contribution in [3.05, 3.63) is 132 Å². The molecule has 234 valence electrons. The fourth-order valence-electron chi connectivity index (χ4n) is 5.67. The molecular formula is C36H38FN3O4S. The third-order valence-corrected chi connectivity index (χ3v) is 9.96. The molecule has 0 spiro atoms. The highest BCUT2D eigenvalue weighted by atomic mass is 32.2. The van der Waals surface area contributed by atoms with E-state index in [2.05, 4.69) is 5.32 Å². The molecule has 0 bridgehead atoms. The van der Waals surface area contributed by atoms with Gasteiger partial charge in [0, 0.05) is 19.0 Å². The Bertz CT molecular complexity index is 1680. The van der Waals surface area contributed by atoms with Gasteiger partial charge >= 0.3 is 0 Å². The molecule has 5 rings (SSSR count). The SMILES string of the molecule is Cc1ccc(CN(C(=O)CN(c2ccc(F)cc2)S(=O)(=O)c2ccccc2)[C@H](Cc2ccccc2)C(=O)NC2CCCC2)cc1. The molecule has 0 aromatic heterocycles. The molecule has 0 saturated heterocycles. The molecule has 9 heteroatoms. The summed E-state index contributed by atoms with van der Waals surface area (Å²) in [5.41, 5.74) is 2.87. The first-order valence-electron chi connectivity index (χ1n) is 15.2. The lowest BCUT2D eigenvalue weighted by atomic mass is 10.0. The van der Waals surface area contributed by atoms with Crippen LogP contribution in [0, 0.1) is 12.7 Å². The molecule has 1 aliphatic rings. The van der Waals surface area contributed by atoms with E-state index < -0.39 is 34.3 Å². The van der Waals surface area contributed by atoms with Crippen LogP contribution in [-0.2, 0) is 32.6 Å². The van der Waals surface area contributed by atoms with Crippen molar-refractivity contribution in [1.82, 2.24) is 10.2 Å². The molecule has 2 amide bonds. The van der Waals surface area contributed by atoms with Gasteiger partial charge in [0.05, 0.1) is 10.6 Å². The van der Waals surface area contributed by atoms with Crippen molar-refractivity contribution < 1.29 is 22.4 Å². The van der Waals surface area contributed by atoms with Crippen molar-refractivity contribution in [3.8, 4) is 0 Å². The number of hydrogen-bond donors (Lipinski definition) is 1. The van der Waals surface area contributed by atoms with E-state index in [1.54, 1.807) is 18.2 Å². The van der Waals surface area contributed by atoms with Crippen LogP contribution in [0.5, 0.6) is 0 Å². The van der Waals surface area contributed by atoms with Gasteiger partial charge < -0.3 is 10.2 Å². The number of sulfonamides is 1. The van der Waals surface area contributed by atoms with Gasteiger partial charge in [0.2, 0.25) is 11.8 Å². The Morgan fingerprint density at radius 3 is 2.04 bits per heavy atom. The highest BCUT2D eigenvalue weighted by molar-refractivity contribution is 7.92. The van der Waals surface area contributed by atoms with E-state index in [9.17, 15) is 22.4 Å². The van der Waals surface area contributed by atoms with E-state index in [4.69, 9.17) is 0 Å². The maximum atomic E-state index is 14.5. The summed E-state index contributed by atoms with van der Waals surface area (Å²) >= 11 is 0. The Morgan fingerprint density at radius 1 is 0.822 bits per heavy atom. The largest absolute Gasteiger partial charge is 0.352 e. The molecule has 45 heavy (non-hydrogen) atoms. The predicted molar refractivity (Wildman–Crippen MR) is 173 cm³/mol. The van der Waals surface area contributed by atoms with Crippen molar-refractivity contribution in [1.29, 1.82) is 0 Å². The summed E-state index contributed by atoms with van der Waals surface area (Å²) in [7, 11) is -4.23. The quantitative estimate of drug-likeness (QED) is 0.208. The summed E-state index contributed by atoms with van der Waals surface area (Å²) in [5.74, 6) is -1.36. The first-order valence-corrected chi connectivity index (χ1v) is 16.7. The summed E-state index contributed by atoms with van der Waals surface area (Å²) in [6.45, 7) is 1.48. The fourth-order valence-corrected chi connectivity index (χ4v) is 7.10. The van der Waals surface area contributed by atoms with Crippen molar-refractivity contribution in [3.63, 3.8) is 0 Å². The maximum absolute atomic E-state index is 14.5. The highest BCUT2D eigenvalue weighted by Crippen LogP contribution is 2.26. The van der Waals surface area contributed by atoms with Crippen LogP contribution in [0.25, 0.3) is 0 Å². The van der Waals surface area contributed by atoms with Crippen molar-refractivity contribution >= 4 is 27.5 Å². The number of rotatable bonds is 12. The van der Waals surface area contributed by atoms with Gasteiger partial charge in [-0.2, -0.15) is 0 Å². The molecule has 1 fully saturated rings. The summed E-state index contributed by atoms with van der Waals surface area (Å²) in [5, 5.41) is 3.17. The van der Waals surface area contributed by atoms with Gasteiger partial charge in [0.1, 0.15) is 18.4 Å². The van der Waals surface area contributed by atoms with Crippen LogP contribution in [-0.4, -0.2) is 43.8 Å². The summed E-state index contributed by atoms with van der Waals surface area (Å²) in [6, 6.07) is 29.1. The molecule has 7 nitrogen and oxygen atoms in total. The molecule has 1 N–H and O–H groups in total. The Kier molecular flexibility index (Phi) is 10.3. The number of benzene rings is 4. The third kappa shape index (κ3) is 8.16. The van der Waals surface area contributed by atoms with E-state index in [1.807, 2.05) is 61.5 Å². The van der Waals surface area contributed by atoms with Crippen LogP contribution in [0.15, 0.2) is 114 Å². The molecule has 4 aromatic rings. The molecule has 0 aliphatic heterocycles. The van der Waals surface area contributed by atoms with E-state index in [0.29, 0.717) is 0 Å². The van der Waals surface area contributed by atoms with Crippen LogP contribution in [0.4, 0.5) is 10.1 Å². The topological polar surface area (TPSA) is 86.8 Å². The molecule has 0 unspecified atom stereocenters. The minimum atomic E-state index is -4.23. The zero-order valence-electron chi connectivity index (χ0n) is 25.3. The average Bonchev–Trinajstić information content (AvgIpc) is 3.57. The number of anilines is 1. The Hall–Kier alpha value is -4.50. The average molecular weight is 628 g/mol. The maximum Gasteiger partial charge on any atom is 0.264 e. The predicted octanol–water partition coefficient (Wildman–Crippen LogP) is 6.03. The van der Waals surface area contributed by atoms with Crippen LogP contribution in [0.2, 0.25) is 0 Å². The number of nitrogens with one attached hydrogen (secondary N) is 1. The van der Waals surface area contributed by atoms with Gasteiger partial charge in [-0.15, -0.1) is 0 Å². The first kappa shape index (κ1) is 31.9. The third-order valence-electron chi connectivity index (χ3n) is 8.17. The summed E-state index contributed by atoms with van der Waals surface area (Å²) < 4.78 is 42.9. The minimum absolute atomic E-state index is 0.00739. The van der Waals surface area contributed by atoms with Gasteiger partial charge in [-0.3, -0.25) is 13.9 Å². The van der Waals surface area contributed by atoms with E-state index >= 15 is 0 Å². The lowest BCUT2D eigenvalue weighted by Gasteiger charge is -2.34. The molecule has 4 aromatic carbocycles. The van der Waals surface area contributed by atoms with E-state index in [0.717, 1.165) is 58.8 Å². The Balaban J connectivity index is 1.55. The first-order chi connectivity index (χ1) is 21.7. The number of nitrogens with zero attached hydrogens (tertiary/aromatic N) is 2. The number of carbonyl (C=O) groups is 2. The van der Waals surface area contributed by atoms with Crippen LogP contribution >= 0.6 is 0 Å². The minimum Gasteiger partial charge on any atom is -0.352 e. The Morgan fingerprint density at radius 2 is 1.42 bits per heavy atom. The van der Waals surface area contributed by atoms with Gasteiger partial charge in [0.25, 0.3) is 10.0 Å². The number of halogens is 1.